The SMILES string of the molecule is BrC1CCC2(CC1)CCC(Br)CC2. The lowest BCUT2D eigenvalue weighted by Gasteiger charge is -2.43. The molecule has 0 aliphatic heterocycles. The molecule has 13 heavy (non-hydrogen) atoms. The highest BCUT2D eigenvalue weighted by Crippen LogP contribution is 2.49. The highest BCUT2D eigenvalue weighted by Gasteiger charge is 2.37. The molecule has 0 aromatic carbocycles. The van der Waals surface area contributed by atoms with Crippen LogP contribution in [0.15, 0.2) is 0 Å². The Hall–Kier alpha value is 0.960. The van der Waals surface area contributed by atoms with Gasteiger partial charge in [-0.05, 0) is 56.8 Å². The number of hydrogen-bond donors (Lipinski definition) is 0. The van der Waals surface area contributed by atoms with Gasteiger partial charge in [0.05, 0.1) is 0 Å². The van der Waals surface area contributed by atoms with E-state index in [1.807, 2.05) is 0 Å². The molecule has 0 nitrogen and oxygen atoms in total. The summed E-state index contributed by atoms with van der Waals surface area (Å²) in [7, 11) is 0. The molecule has 1 spiro atoms. The molecule has 0 amide bonds. The minimum absolute atomic E-state index is 0.758. The summed E-state index contributed by atoms with van der Waals surface area (Å²) in [6.45, 7) is 0. The zero-order valence-electron chi connectivity index (χ0n) is 8.07. The van der Waals surface area contributed by atoms with E-state index in [1.165, 1.54) is 51.4 Å². The van der Waals surface area contributed by atoms with Crippen molar-refractivity contribution in [1.29, 1.82) is 0 Å². The van der Waals surface area contributed by atoms with Crippen molar-refractivity contribution in [2.75, 3.05) is 0 Å². The summed E-state index contributed by atoms with van der Waals surface area (Å²) >= 11 is 7.48. The van der Waals surface area contributed by atoms with Crippen LogP contribution in [0.2, 0.25) is 0 Å². The number of alkyl halides is 2. The van der Waals surface area contributed by atoms with Gasteiger partial charge in [0.15, 0.2) is 0 Å². The molecule has 2 saturated carbocycles. The third kappa shape index (κ3) is 2.50. The molecule has 0 heterocycles. The van der Waals surface area contributed by atoms with Crippen LogP contribution in [0.5, 0.6) is 0 Å². The fourth-order valence-corrected chi connectivity index (χ4v) is 3.81. The summed E-state index contributed by atoms with van der Waals surface area (Å²) < 4.78 is 0. The van der Waals surface area contributed by atoms with Gasteiger partial charge in [-0.15, -0.1) is 0 Å². The Balaban J connectivity index is 1.90. The molecule has 2 rings (SSSR count). The standard InChI is InChI=1S/C11H18Br2/c12-9-1-5-11(6-2-9)7-3-10(13)4-8-11/h9-10H,1-8H2. The van der Waals surface area contributed by atoms with Gasteiger partial charge in [0.25, 0.3) is 0 Å². The van der Waals surface area contributed by atoms with E-state index in [0.717, 1.165) is 15.1 Å². The maximum atomic E-state index is 3.74. The third-order valence-electron chi connectivity index (χ3n) is 3.95. The zero-order chi connectivity index (χ0) is 9.31. The molecule has 0 atom stereocenters. The molecule has 2 aliphatic carbocycles. The number of rotatable bonds is 0. The summed E-state index contributed by atoms with van der Waals surface area (Å²) in [4.78, 5) is 1.64. The Morgan fingerprint density at radius 1 is 0.692 bits per heavy atom. The second-order valence-electron chi connectivity index (χ2n) is 4.85. The van der Waals surface area contributed by atoms with Crippen molar-refractivity contribution in [2.45, 2.75) is 61.0 Å². The van der Waals surface area contributed by atoms with E-state index in [0.29, 0.717) is 0 Å². The average Bonchev–Trinajstić information content (AvgIpc) is 2.16. The fraction of sp³-hybridized carbons (Fsp3) is 1.00. The molecular weight excluding hydrogens is 292 g/mol. The summed E-state index contributed by atoms with van der Waals surface area (Å²) in [6, 6.07) is 0. The van der Waals surface area contributed by atoms with Crippen LogP contribution < -0.4 is 0 Å². The first-order valence-electron chi connectivity index (χ1n) is 5.48. The lowest BCUT2D eigenvalue weighted by atomic mass is 9.65. The predicted octanol–water partition coefficient (Wildman–Crippen LogP) is 4.65. The molecule has 2 fully saturated rings. The third-order valence-corrected chi connectivity index (χ3v) is 5.78. The highest BCUT2D eigenvalue weighted by molar-refractivity contribution is 9.09. The first-order chi connectivity index (χ1) is 6.20. The van der Waals surface area contributed by atoms with Gasteiger partial charge in [-0.25, -0.2) is 0 Å². The summed E-state index contributed by atoms with van der Waals surface area (Å²) in [6.07, 6.45) is 11.5. The highest BCUT2D eigenvalue weighted by atomic mass is 79.9. The van der Waals surface area contributed by atoms with Gasteiger partial charge in [-0.2, -0.15) is 0 Å². The normalized spacial score (nSPS) is 46.6. The smallest absolute Gasteiger partial charge is 0.0146 e. The Morgan fingerprint density at radius 2 is 1.00 bits per heavy atom. The van der Waals surface area contributed by atoms with E-state index >= 15 is 0 Å². The molecule has 0 unspecified atom stereocenters. The minimum Gasteiger partial charge on any atom is -0.0891 e. The van der Waals surface area contributed by atoms with E-state index in [2.05, 4.69) is 31.9 Å². The Morgan fingerprint density at radius 3 is 1.31 bits per heavy atom. The first-order valence-corrected chi connectivity index (χ1v) is 7.31. The first kappa shape index (κ1) is 10.5. The molecular formula is C11H18Br2. The van der Waals surface area contributed by atoms with Gasteiger partial charge in [-0.3, -0.25) is 0 Å². The van der Waals surface area contributed by atoms with Crippen molar-refractivity contribution in [2.24, 2.45) is 5.41 Å². The maximum absolute atomic E-state index is 3.74. The number of hydrogen-bond acceptors (Lipinski definition) is 0. The lowest BCUT2D eigenvalue weighted by Crippen LogP contribution is -2.32. The van der Waals surface area contributed by atoms with Gasteiger partial charge in [0.2, 0.25) is 0 Å². The Labute approximate surface area is 98.1 Å². The lowest BCUT2D eigenvalue weighted by molar-refractivity contribution is 0.131. The largest absolute Gasteiger partial charge is 0.0891 e. The molecule has 0 aromatic rings. The van der Waals surface area contributed by atoms with Crippen LogP contribution in [0.4, 0.5) is 0 Å². The molecule has 0 N–H and O–H groups in total. The van der Waals surface area contributed by atoms with Crippen LogP contribution in [0.1, 0.15) is 51.4 Å². The molecule has 0 aromatic heterocycles. The maximum Gasteiger partial charge on any atom is 0.0146 e. The Kier molecular flexibility index (Phi) is 3.40. The average molecular weight is 310 g/mol. The monoisotopic (exact) mass is 308 g/mol. The minimum atomic E-state index is 0.758. The number of halogens is 2. The van der Waals surface area contributed by atoms with Crippen LogP contribution in [0.3, 0.4) is 0 Å². The molecule has 2 heteroatoms. The molecule has 0 radical (unpaired) electrons. The van der Waals surface area contributed by atoms with E-state index in [1.54, 1.807) is 0 Å². The van der Waals surface area contributed by atoms with Crippen LogP contribution in [-0.2, 0) is 0 Å². The van der Waals surface area contributed by atoms with Crippen molar-refractivity contribution >= 4 is 31.9 Å². The van der Waals surface area contributed by atoms with Crippen LogP contribution in [-0.4, -0.2) is 9.65 Å². The van der Waals surface area contributed by atoms with Crippen molar-refractivity contribution in [3.8, 4) is 0 Å². The van der Waals surface area contributed by atoms with E-state index in [9.17, 15) is 0 Å². The Bertz CT molecular complexity index is 139. The van der Waals surface area contributed by atoms with E-state index in [4.69, 9.17) is 0 Å². The van der Waals surface area contributed by atoms with Gasteiger partial charge in [0.1, 0.15) is 0 Å². The second-order valence-corrected chi connectivity index (χ2v) is 7.44. The second kappa shape index (κ2) is 4.22. The van der Waals surface area contributed by atoms with Gasteiger partial charge in [0, 0.05) is 9.65 Å². The van der Waals surface area contributed by atoms with Crippen LogP contribution >= 0.6 is 31.9 Å². The fourth-order valence-electron chi connectivity index (χ4n) is 2.89. The molecule has 2 aliphatic rings. The molecule has 76 valence electrons. The van der Waals surface area contributed by atoms with Gasteiger partial charge in [-0.1, -0.05) is 31.9 Å². The summed E-state index contributed by atoms with van der Waals surface area (Å²) in [5.74, 6) is 0. The topological polar surface area (TPSA) is 0 Å². The van der Waals surface area contributed by atoms with Crippen molar-refractivity contribution < 1.29 is 0 Å². The molecule has 0 saturated heterocycles. The van der Waals surface area contributed by atoms with Crippen molar-refractivity contribution in [1.82, 2.24) is 0 Å². The van der Waals surface area contributed by atoms with Gasteiger partial charge >= 0.3 is 0 Å². The van der Waals surface area contributed by atoms with E-state index in [-0.39, 0.29) is 0 Å². The van der Waals surface area contributed by atoms with Crippen LogP contribution in [0.25, 0.3) is 0 Å². The van der Waals surface area contributed by atoms with Crippen molar-refractivity contribution in [3.63, 3.8) is 0 Å². The summed E-state index contributed by atoms with van der Waals surface area (Å²) in [5.41, 5.74) is 0.758. The van der Waals surface area contributed by atoms with Gasteiger partial charge < -0.3 is 0 Å². The van der Waals surface area contributed by atoms with E-state index < -0.39 is 0 Å². The zero-order valence-corrected chi connectivity index (χ0v) is 11.2. The van der Waals surface area contributed by atoms with Crippen molar-refractivity contribution in [3.05, 3.63) is 0 Å². The molecule has 0 bridgehead atoms. The quantitative estimate of drug-likeness (QED) is 0.571. The summed E-state index contributed by atoms with van der Waals surface area (Å²) in [5, 5.41) is 0. The van der Waals surface area contributed by atoms with Crippen LogP contribution in [0, 0.1) is 5.41 Å². The predicted molar refractivity (Wildman–Crippen MR) is 64.8 cm³/mol.